The number of carbonyl (C=O) groups excluding carboxylic acids is 1. The molecule has 2 heteroatoms. The highest BCUT2D eigenvalue weighted by Gasteiger charge is 1.93. The maximum absolute atomic E-state index is 10.5. The molecule has 118 valence electrons. The first-order valence-electron chi connectivity index (χ1n) is 8.60. The molecular weight excluding hydrogens is 268 g/mol. The Hall–Kier alpha value is -0.300. The zero-order chi connectivity index (χ0) is 14.9. The summed E-state index contributed by atoms with van der Waals surface area (Å²) in [5.41, 5.74) is 0. The van der Waals surface area contributed by atoms with Crippen molar-refractivity contribution in [3.8, 4) is 0 Å². The molecule has 0 rings (SSSR count). The van der Waals surface area contributed by atoms with Gasteiger partial charge in [-0.3, -0.25) is 4.79 Å². The number of hydrogen-bond acceptors (Lipinski definition) is 1. The van der Waals surface area contributed by atoms with Gasteiger partial charge in [0, 0.05) is 6.42 Å². The van der Waals surface area contributed by atoms with Crippen LogP contribution in [-0.2, 0) is 4.79 Å². The van der Waals surface area contributed by atoms with E-state index in [2.05, 4.69) is 13.0 Å². The van der Waals surface area contributed by atoms with Crippen LogP contribution in [0.4, 0.5) is 0 Å². The van der Waals surface area contributed by atoms with Crippen LogP contribution in [0.5, 0.6) is 0 Å². The number of carbonyl (C=O) groups is 1. The van der Waals surface area contributed by atoms with Crippen LogP contribution in [0.15, 0.2) is 12.2 Å². The lowest BCUT2D eigenvalue weighted by Crippen LogP contribution is -1.82. The van der Waals surface area contributed by atoms with Crippen LogP contribution in [0.2, 0.25) is 0 Å². The monoisotopic (exact) mass is 300 g/mol. The van der Waals surface area contributed by atoms with E-state index in [1.54, 1.807) is 0 Å². The van der Waals surface area contributed by atoms with Gasteiger partial charge < -0.3 is 0 Å². The maximum Gasteiger partial charge on any atom is 0.225 e. The number of allylic oxidation sites excluding steroid dienone is 2. The van der Waals surface area contributed by atoms with Crippen molar-refractivity contribution in [2.45, 2.75) is 96.8 Å². The van der Waals surface area contributed by atoms with Crippen LogP contribution in [0, 0.1) is 0 Å². The number of rotatable bonds is 15. The normalized spacial score (nSPS) is 11.3. The first-order valence-corrected chi connectivity index (χ1v) is 8.98. The molecule has 1 nitrogen and oxygen atoms in total. The number of hydrogen-bond donors (Lipinski definition) is 0. The van der Waals surface area contributed by atoms with Gasteiger partial charge in [0.25, 0.3) is 0 Å². The Morgan fingerprint density at radius 1 is 0.750 bits per heavy atom. The molecule has 0 unspecified atom stereocenters. The molecular formula is C18H33ClO. The zero-order valence-electron chi connectivity index (χ0n) is 13.3. The van der Waals surface area contributed by atoms with Crippen molar-refractivity contribution in [1.82, 2.24) is 0 Å². The minimum absolute atomic E-state index is 0.268. The maximum atomic E-state index is 10.5. The number of unbranched alkanes of at least 4 members (excludes halogenated alkanes) is 12. The predicted octanol–water partition coefficient (Wildman–Crippen LogP) is 6.79. The van der Waals surface area contributed by atoms with Gasteiger partial charge in [0.1, 0.15) is 0 Å². The van der Waals surface area contributed by atoms with Gasteiger partial charge in [0.05, 0.1) is 0 Å². The molecule has 0 aromatic rings. The summed E-state index contributed by atoms with van der Waals surface area (Å²) < 4.78 is 0. The summed E-state index contributed by atoms with van der Waals surface area (Å²) in [6, 6.07) is 0. The average Bonchev–Trinajstić information content (AvgIpc) is 2.43. The third-order valence-corrected chi connectivity index (χ3v) is 3.82. The van der Waals surface area contributed by atoms with Crippen molar-refractivity contribution in [2.75, 3.05) is 0 Å². The molecule has 0 aromatic heterocycles. The average molecular weight is 301 g/mol. The highest BCUT2D eigenvalue weighted by molar-refractivity contribution is 6.63. The minimum atomic E-state index is -0.268. The van der Waals surface area contributed by atoms with Gasteiger partial charge in [-0.15, -0.1) is 0 Å². The fraction of sp³-hybridized carbons (Fsp3) is 0.833. The Morgan fingerprint density at radius 3 is 1.65 bits per heavy atom. The summed E-state index contributed by atoms with van der Waals surface area (Å²) in [5.74, 6) is 0. The third kappa shape index (κ3) is 17.7. The molecule has 0 aromatic carbocycles. The minimum Gasteiger partial charge on any atom is -0.281 e. The topological polar surface area (TPSA) is 17.1 Å². The van der Waals surface area contributed by atoms with Crippen LogP contribution >= 0.6 is 11.6 Å². The Kier molecular flexibility index (Phi) is 16.5. The Balaban J connectivity index is 3.02. The fourth-order valence-corrected chi connectivity index (χ4v) is 2.49. The lowest BCUT2D eigenvalue weighted by molar-refractivity contribution is -0.110. The molecule has 0 bridgehead atoms. The SMILES string of the molecule is CCCCCCCCCCCCCCC=CCC(=O)Cl. The molecule has 0 fully saturated rings. The van der Waals surface area contributed by atoms with E-state index in [1.165, 1.54) is 77.0 Å². The second-order valence-electron chi connectivity index (χ2n) is 5.71. The van der Waals surface area contributed by atoms with Crippen molar-refractivity contribution in [3.63, 3.8) is 0 Å². The summed E-state index contributed by atoms with van der Waals surface area (Å²) in [4.78, 5) is 10.5. The molecule has 0 saturated heterocycles. The van der Waals surface area contributed by atoms with Crippen LogP contribution in [-0.4, -0.2) is 5.24 Å². The van der Waals surface area contributed by atoms with Gasteiger partial charge in [0.2, 0.25) is 5.24 Å². The number of halogens is 1. The second kappa shape index (κ2) is 16.8. The standard InChI is InChI=1S/C18H33ClO/c1-2-3-4-5-6-7-8-9-10-11-12-13-14-15-16-17-18(19)20/h15-16H,2-14,17H2,1H3. The molecule has 0 aliphatic heterocycles. The molecule has 0 spiro atoms. The Morgan fingerprint density at radius 2 is 1.20 bits per heavy atom. The van der Waals surface area contributed by atoms with Crippen molar-refractivity contribution in [1.29, 1.82) is 0 Å². The van der Waals surface area contributed by atoms with Gasteiger partial charge in [-0.25, -0.2) is 0 Å². The van der Waals surface area contributed by atoms with Crippen molar-refractivity contribution in [3.05, 3.63) is 12.2 Å². The molecule has 0 radical (unpaired) electrons. The predicted molar refractivity (Wildman–Crippen MR) is 90.3 cm³/mol. The van der Waals surface area contributed by atoms with Gasteiger partial charge >= 0.3 is 0 Å². The highest BCUT2D eigenvalue weighted by atomic mass is 35.5. The first kappa shape index (κ1) is 19.7. The van der Waals surface area contributed by atoms with E-state index >= 15 is 0 Å². The van der Waals surface area contributed by atoms with E-state index in [0.29, 0.717) is 6.42 Å². The van der Waals surface area contributed by atoms with Crippen LogP contribution < -0.4 is 0 Å². The smallest absolute Gasteiger partial charge is 0.225 e. The van der Waals surface area contributed by atoms with E-state index in [-0.39, 0.29) is 5.24 Å². The van der Waals surface area contributed by atoms with Crippen LogP contribution in [0.25, 0.3) is 0 Å². The van der Waals surface area contributed by atoms with Crippen LogP contribution in [0.1, 0.15) is 96.8 Å². The molecule has 0 atom stereocenters. The quantitative estimate of drug-likeness (QED) is 0.185. The largest absolute Gasteiger partial charge is 0.281 e. The summed E-state index contributed by atoms with van der Waals surface area (Å²) in [6.07, 6.45) is 22.0. The lowest BCUT2D eigenvalue weighted by Gasteiger charge is -2.02. The first-order chi connectivity index (χ1) is 9.77. The van der Waals surface area contributed by atoms with Crippen molar-refractivity contribution in [2.24, 2.45) is 0 Å². The van der Waals surface area contributed by atoms with E-state index < -0.39 is 0 Å². The molecule has 0 heterocycles. The zero-order valence-corrected chi connectivity index (χ0v) is 14.1. The molecule has 0 saturated carbocycles. The van der Waals surface area contributed by atoms with Gasteiger partial charge in [-0.2, -0.15) is 0 Å². The summed E-state index contributed by atoms with van der Waals surface area (Å²) >= 11 is 5.25. The second-order valence-corrected chi connectivity index (χ2v) is 6.13. The molecule has 0 aliphatic carbocycles. The van der Waals surface area contributed by atoms with Crippen molar-refractivity contribution >= 4 is 16.8 Å². The molecule has 20 heavy (non-hydrogen) atoms. The Labute approximate surface area is 131 Å². The van der Waals surface area contributed by atoms with Gasteiger partial charge in [0.15, 0.2) is 0 Å². The van der Waals surface area contributed by atoms with Gasteiger partial charge in [-0.05, 0) is 24.4 Å². The lowest BCUT2D eigenvalue weighted by atomic mass is 10.0. The van der Waals surface area contributed by atoms with E-state index in [0.717, 1.165) is 6.42 Å². The molecule has 0 aliphatic rings. The molecule has 0 amide bonds. The highest BCUT2D eigenvalue weighted by Crippen LogP contribution is 2.12. The van der Waals surface area contributed by atoms with Crippen molar-refractivity contribution < 1.29 is 4.79 Å². The van der Waals surface area contributed by atoms with E-state index in [1.807, 2.05) is 6.08 Å². The molecule has 0 N–H and O–H groups in total. The van der Waals surface area contributed by atoms with Gasteiger partial charge in [-0.1, -0.05) is 89.7 Å². The van der Waals surface area contributed by atoms with E-state index in [9.17, 15) is 4.79 Å². The van der Waals surface area contributed by atoms with E-state index in [4.69, 9.17) is 11.6 Å². The summed E-state index contributed by atoms with van der Waals surface area (Å²) in [6.45, 7) is 2.27. The Bertz CT molecular complexity index is 236. The van der Waals surface area contributed by atoms with Crippen LogP contribution in [0.3, 0.4) is 0 Å². The summed E-state index contributed by atoms with van der Waals surface area (Å²) in [7, 11) is 0. The fourth-order valence-electron chi connectivity index (χ4n) is 2.40. The third-order valence-electron chi connectivity index (χ3n) is 3.67. The summed E-state index contributed by atoms with van der Waals surface area (Å²) in [5, 5.41) is -0.268.